The molecule has 0 aromatic carbocycles. The quantitative estimate of drug-likeness (QED) is 0.685. The predicted molar refractivity (Wildman–Crippen MR) is 86.2 cm³/mol. The van der Waals surface area contributed by atoms with Crippen LogP contribution in [-0.4, -0.2) is 58.9 Å². The van der Waals surface area contributed by atoms with Crippen molar-refractivity contribution in [1.29, 1.82) is 0 Å². The van der Waals surface area contributed by atoms with Crippen molar-refractivity contribution in [2.75, 3.05) is 39.0 Å². The Morgan fingerprint density at radius 2 is 2.00 bits per heavy atom. The highest BCUT2D eigenvalue weighted by molar-refractivity contribution is 8.78. The second kappa shape index (κ2) is 5.60. The van der Waals surface area contributed by atoms with Crippen LogP contribution < -0.4 is 0 Å². The van der Waals surface area contributed by atoms with E-state index in [0.29, 0.717) is 4.08 Å². The summed E-state index contributed by atoms with van der Waals surface area (Å²) in [6, 6.07) is 0.762. The Kier molecular flexibility index (Phi) is 4.26. The standard InChI is InChI=1S/C13H22N2S3/c1-13-11(3-9-16-13)12(4-10-17-18-13)15-7-5-14(2)6-8-15/h3,9,11-12H,4-8,10H2,1-2H3. The van der Waals surface area contributed by atoms with Crippen molar-refractivity contribution >= 4 is 33.3 Å². The molecule has 0 aromatic heterocycles. The van der Waals surface area contributed by atoms with Crippen LogP contribution in [0.2, 0.25) is 0 Å². The van der Waals surface area contributed by atoms with Crippen molar-refractivity contribution in [3.63, 3.8) is 0 Å². The van der Waals surface area contributed by atoms with Gasteiger partial charge >= 0.3 is 0 Å². The maximum atomic E-state index is 2.76. The average Bonchev–Trinajstić information content (AvgIpc) is 2.66. The van der Waals surface area contributed by atoms with E-state index < -0.39 is 0 Å². The fourth-order valence-corrected chi connectivity index (χ4v) is 7.73. The minimum absolute atomic E-state index is 0.370. The van der Waals surface area contributed by atoms with Crippen LogP contribution in [0.1, 0.15) is 13.3 Å². The van der Waals surface area contributed by atoms with Crippen molar-refractivity contribution in [3.05, 3.63) is 11.5 Å². The van der Waals surface area contributed by atoms with Crippen molar-refractivity contribution in [2.45, 2.75) is 23.5 Å². The Balaban J connectivity index is 1.75. The molecule has 3 atom stereocenters. The van der Waals surface area contributed by atoms with E-state index in [4.69, 9.17) is 0 Å². The number of thioether (sulfide) groups is 1. The van der Waals surface area contributed by atoms with E-state index in [1.54, 1.807) is 0 Å². The molecule has 0 aliphatic carbocycles. The third-order valence-electron chi connectivity index (χ3n) is 4.34. The molecule has 5 heteroatoms. The lowest BCUT2D eigenvalue weighted by Crippen LogP contribution is -2.53. The first kappa shape index (κ1) is 13.7. The summed E-state index contributed by atoms with van der Waals surface area (Å²) >= 11 is 2.03. The van der Waals surface area contributed by atoms with Crippen LogP contribution in [0.3, 0.4) is 0 Å². The molecular weight excluding hydrogens is 280 g/mol. The van der Waals surface area contributed by atoms with Crippen LogP contribution >= 0.6 is 33.3 Å². The number of fused-ring (bicyclic) bond motifs is 1. The van der Waals surface area contributed by atoms with Crippen molar-refractivity contribution in [1.82, 2.24) is 9.80 Å². The zero-order valence-electron chi connectivity index (χ0n) is 11.2. The number of hydrogen-bond acceptors (Lipinski definition) is 5. The summed E-state index contributed by atoms with van der Waals surface area (Å²) in [6.45, 7) is 7.41. The van der Waals surface area contributed by atoms with Crippen molar-refractivity contribution in [2.24, 2.45) is 5.92 Å². The van der Waals surface area contributed by atoms with Gasteiger partial charge in [0.2, 0.25) is 0 Å². The Morgan fingerprint density at radius 3 is 2.78 bits per heavy atom. The number of hydrogen-bond donors (Lipinski definition) is 0. The molecule has 3 heterocycles. The summed E-state index contributed by atoms with van der Waals surface area (Å²) in [7, 11) is 6.42. The SMILES string of the molecule is CN1CCN(C2CCSSC3(C)SC=CC23)CC1. The van der Waals surface area contributed by atoms with Crippen LogP contribution in [0, 0.1) is 5.92 Å². The highest BCUT2D eigenvalue weighted by Gasteiger charge is 2.45. The second-order valence-corrected chi connectivity index (χ2v) is 10.1. The van der Waals surface area contributed by atoms with Crippen molar-refractivity contribution in [3.8, 4) is 0 Å². The largest absolute Gasteiger partial charge is 0.304 e. The smallest absolute Gasteiger partial charge is 0.0804 e. The van der Waals surface area contributed by atoms with E-state index in [1.165, 1.54) is 38.4 Å². The first-order chi connectivity index (χ1) is 8.69. The first-order valence-corrected chi connectivity index (χ1v) is 9.97. The molecule has 0 aromatic rings. The van der Waals surface area contributed by atoms with Gasteiger partial charge in [0.15, 0.2) is 0 Å². The van der Waals surface area contributed by atoms with E-state index in [1.807, 2.05) is 11.8 Å². The lowest BCUT2D eigenvalue weighted by molar-refractivity contribution is 0.0883. The molecule has 0 amide bonds. The van der Waals surface area contributed by atoms with E-state index in [2.05, 4.69) is 56.8 Å². The molecular formula is C13H22N2S3. The zero-order valence-corrected chi connectivity index (χ0v) is 13.6. The summed E-state index contributed by atoms with van der Waals surface area (Å²) in [5, 5.41) is 2.34. The maximum Gasteiger partial charge on any atom is 0.0804 e. The normalized spacial score (nSPS) is 42.8. The van der Waals surface area contributed by atoms with E-state index in [-0.39, 0.29) is 0 Å². The van der Waals surface area contributed by atoms with Crippen LogP contribution in [0.4, 0.5) is 0 Å². The van der Waals surface area contributed by atoms with Gasteiger partial charge in [-0.25, -0.2) is 0 Å². The van der Waals surface area contributed by atoms with Crippen molar-refractivity contribution < 1.29 is 0 Å². The Hall–Kier alpha value is 0.710. The van der Waals surface area contributed by atoms with Crippen LogP contribution in [0.25, 0.3) is 0 Å². The molecule has 3 aliphatic heterocycles. The highest BCUT2D eigenvalue weighted by atomic mass is 33.1. The van der Waals surface area contributed by atoms with Gasteiger partial charge in [0.1, 0.15) is 0 Å². The summed E-state index contributed by atoms with van der Waals surface area (Å²) in [6.07, 6.45) is 3.83. The van der Waals surface area contributed by atoms with Gasteiger partial charge in [-0.3, -0.25) is 4.90 Å². The fourth-order valence-electron chi connectivity index (χ4n) is 3.14. The topological polar surface area (TPSA) is 6.48 Å². The number of rotatable bonds is 1. The molecule has 3 unspecified atom stereocenters. The minimum atomic E-state index is 0.370. The van der Waals surface area contributed by atoms with Crippen LogP contribution in [0.15, 0.2) is 11.5 Å². The molecule has 18 heavy (non-hydrogen) atoms. The van der Waals surface area contributed by atoms with E-state index in [9.17, 15) is 0 Å². The molecule has 2 nitrogen and oxygen atoms in total. The van der Waals surface area contributed by atoms with Gasteiger partial charge in [-0.15, -0.1) is 11.8 Å². The van der Waals surface area contributed by atoms with Gasteiger partial charge in [0.25, 0.3) is 0 Å². The molecule has 3 rings (SSSR count). The van der Waals surface area contributed by atoms with Gasteiger partial charge in [-0.1, -0.05) is 27.7 Å². The molecule has 0 spiro atoms. The molecule has 0 saturated carbocycles. The molecule has 0 N–H and O–H groups in total. The number of nitrogens with zero attached hydrogens (tertiary/aromatic N) is 2. The molecule has 0 bridgehead atoms. The summed E-state index contributed by atoms with van der Waals surface area (Å²) in [5.74, 6) is 2.04. The number of likely N-dealkylation sites (N-methyl/N-ethyl adjacent to an activating group) is 1. The van der Waals surface area contributed by atoms with Crippen LogP contribution in [-0.2, 0) is 0 Å². The molecule has 0 radical (unpaired) electrons. The van der Waals surface area contributed by atoms with Crippen LogP contribution in [0.5, 0.6) is 0 Å². The Labute approximate surface area is 123 Å². The average molecular weight is 303 g/mol. The Morgan fingerprint density at radius 1 is 1.22 bits per heavy atom. The minimum Gasteiger partial charge on any atom is -0.304 e. The maximum absolute atomic E-state index is 2.76. The van der Waals surface area contributed by atoms with E-state index >= 15 is 0 Å². The van der Waals surface area contributed by atoms with Gasteiger partial charge in [0, 0.05) is 43.9 Å². The summed E-state index contributed by atoms with van der Waals surface area (Å²) in [4.78, 5) is 5.21. The second-order valence-electron chi connectivity index (χ2n) is 5.59. The molecule has 3 aliphatic rings. The monoisotopic (exact) mass is 302 g/mol. The predicted octanol–water partition coefficient (Wildman–Crippen LogP) is 2.98. The third kappa shape index (κ3) is 2.62. The fraction of sp³-hybridized carbons (Fsp3) is 0.846. The van der Waals surface area contributed by atoms with E-state index in [0.717, 1.165) is 12.0 Å². The zero-order chi connectivity index (χ0) is 12.6. The Bertz CT molecular complexity index is 328. The summed E-state index contributed by atoms with van der Waals surface area (Å²) < 4.78 is 0.370. The lowest BCUT2D eigenvalue weighted by atomic mass is 9.92. The lowest BCUT2D eigenvalue weighted by Gasteiger charge is -2.42. The molecule has 2 fully saturated rings. The highest BCUT2D eigenvalue weighted by Crippen LogP contribution is 2.57. The third-order valence-corrected chi connectivity index (χ3v) is 9.24. The number of piperazine rings is 1. The van der Waals surface area contributed by atoms with Gasteiger partial charge in [0.05, 0.1) is 4.08 Å². The molecule has 102 valence electrons. The van der Waals surface area contributed by atoms with Gasteiger partial charge in [-0.05, 0) is 25.8 Å². The van der Waals surface area contributed by atoms with Gasteiger partial charge in [-0.2, -0.15) is 0 Å². The first-order valence-electron chi connectivity index (χ1n) is 6.77. The van der Waals surface area contributed by atoms with Gasteiger partial charge < -0.3 is 4.90 Å². The summed E-state index contributed by atoms with van der Waals surface area (Å²) in [5.41, 5.74) is 0. The molecule has 2 saturated heterocycles.